The lowest BCUT2D eigenvalue weighted by atomic mass is 10.1. The Bertz CT molecular complexity index is 1060. The number of benzene rings is 3. The summed E-state index contributed by atoms with van der Waals surface area (Å²) >= 11 is 0. The molecule has 1 N–H and O–H groups in total. The predicted molar refractivity (Wildman–Crippen MR) is 102 cm³/mol. The van der Waals surface area contributed by atoms with Crippen molar-refractivity contribution < 1.29 is 9.30 Å². The van der Waals surface area contributed by atoms with E-state index in [1.165, 1.54) is 10.9 Å². The van der Waals surface area contributed by atoms with Gasteiger partial charge in [0.25, 0.3) is 5.82 Å². The zero-order valence-corrected chi connectivity index (χ0v) is 14.3. The van der Waals surface area contributed by atoms with Gasteiger partial charge < -0.3 is 4.74 Å². The number of rotatable bonds is 5. The molecule has 0 radical (unpaired) electrons. The summed E-state index contributed by atoms with van der Waals surface area (Å²) in [5, 5.41) is 2.32. The maximum Gasteiger partial charge on any atom is 0.294 e. The molecule has 3 aromatic carbocycles. The third kappa shape index (κ3) is 3.01. The van der Waals surface area contributed by atoms with Gasteiger partial charge >= 0.3 is 0 Å². The number of allylic oxidation sites excluding steroid dienone is 1. The highest BCUT2D eigenvalue weighted by atomic mass is 16.5. The molecule has 0 bridgehead atoms. The van der Waals surface area contributed by atoms with E-state index in [2.05, 4.69) is 52.5 Å². The van der Waals surface area contributed by atoms with Gasteiger partial charge in [-0.25, -0.2) is 9.55 Å². The lowest BCUT2D eigenvalue weighted by Gasteiger charge is -2.08. The van der Waals surface area contributed by atoms with Crippen molar-refractivity contribution in [3.8, 4) is 5.75 Å². The van der Waals surface area contributed by atoms with Crippen LogP contribution >= 0.6 is 0 Å². The van der Waals surface area contributed by atoms with Crippen LogP contribution in [-0.4, -0.2) is 4.98 Å². The van der Waals surface area contributed by atoms with Gasteiger partial charge in [0.05, 0.1) is 0 Å². The third-order valence-electron chi connectivity index (χ3n) is 4.34. The van der Waals surface area contributed by atoms with E-state index in [9.17, 15) is 0 Å². The van der Waals surface area contributed by atoms with Gasteiger partial charge in [0.2, 0.25) is 0 Å². The molecule has 1 heterocycles. The first kappa shape index (κ1) is 15.5. The topological polar surface area (TPSA) is 28.9 Å². The van der Waals surface area contributed by atoms with Crippen LogP contribution in [0.1, 0.15) is 12.7 Å². The molecule has 0 aliphatic heterocycles. The molecular weight excluding hydrogens is 308 g/mol. The van der Waals surface area contributed by atoms with Crippen LogP contribution in [0, 0.1) is 0 Å². The summed E-state index contributed by atoms with van der Waals surface area (Å²) in [7, 11) is 0. The summed E-state index contributed by atoms with van der Waals surface area (Å²) in [5.74, 6) is 1.94. The summed E-state index contributed by atoms with van der Waals surface area (Å²) in [6.45, 7) is 7.37. The summed E-state index contributed by atoms with van der Waals surface area (Å²) in [6, 6.07) is 22.8. The summed E-state index contributed by atoms with van der Waals surface area (Å²) < 4.78 is 8.41. The zero-order chi connectivity index (χ0) is 17.2. The number of aromatic amines is 1. The molecule has 3 nitrogen and oxygen atoms in total. The fourth-order valence-corrected chi connectivity index (χ4v) is 3.22. The quantitative estimate of drug-likeness (QED) is 0.415. The van der Waals surface area contributed by atoms with E-state index in [-0.39, 0.29) is 0 Å². The first-order valence-electron chi connectivity index (χ1n) is 8.47. The van der Waals surface area contributed by atoms with E-state index in [1.807, 2.05) is 37.3 Å². The molecule has 4 rings (SSSR count). The van der Waals surface area contributed by atoms with E-state index in [0.717, 1.165) is 34.6 Å². The number of ether oxygens (including phenoxy) is 1. The van der Waals surface area contributed by atoms with Crippen LogP contribution in [0.15, 0.2) is 78.9 Å². The molecule has 25 heavy (non-hydrogen) atoms. The molecule has 0 aliphatic carbocycles. The predicted octanol–water partition coefficient (Wildman–Crippen LogP) is 4.76. The van der Waals surface area contributed by atoms with Crippen LogP contribution in [-0.2, 0) is 13.2 Å². The second-order valence-corrected chi connectivity index (χ2v) is 6.40. The van der Waals surface area contributed by atoms with Crippen LogP contribution in [0.2, 0.25) is 0 Å². The van der Waals surface area contributed by atoms with Gasteiger partial charge in [0.15, 0.2) is 17.6 Å². The van der Waals surface area contributed by atoms with Crippen LogP contribution in [0.4, 0.5) is 0 Å². The smallest absolute Gasteiger partial charge is 0.294 e. The Hall–Kier alpha value is -3.07. The van der Waals surface area contributed by atoms with Crippen LogP contribution in [0.25, 0.3) is 21.8 Å². The number of hydrogen-bond acceptors (Lipinski definition) is 1. The minimum absolute atomic E-state index is 0.482. The first-order chi connectivity index (χ1) is 12.2. The fourth-order valence-electron chi connectivity index (χ4n) is 3.22. The van der Waals surface area contributed by atoms with Crippen molar-refractivity contribution in [2.24, 2.45) is 0 Å². The average molecular weight is 329 g/mol. The van der Waals surface area contributed by atoms with E-state index < -0.39 is 0 Å². The van der Waals surface area contributed by atoms with Gasteiger partial charge in [-0.15, -0.1) is 0 Å². The number of fused-ring (bicyclic) bond motifs is 2. The molecule has 124 valence electrons. The van der Waals surface area contributed by atoms with Crippen LogP contribution in [0.3, 0.4) is 0 Å². The highest BCUT2D eigenvalue weighted by Gasteiger charge is 2.19. The largest absolute Gasteiger partial charge is 0.480 e. The molecular formula is C22H21N2O+. The van der Waals surface area contributed by atoms with Crippen molar-refractivity contribution in [1.29, 1.82) is 0 Å². The minimum Gasteiger partial charge on any atom is -0.480 e. The molecule has 4 aromatic rings. The number of nitrogens with one attached hydrogen (secondary N) is 1. The highest BCUT2D eigenvalue weighted by molar-refractivity contribution is 5.88. The van der Waals surface area contributed by atoms with Crippen molar-refractivity contribution in [1.82, 2.24) is 4.98 Å². The Balaban J connectivity index is 1.69. The van der Waals surface area contributed by atoms with E-state index >= 15 is 0 Å². The van der Waals surface area contributed by atoms with Crippen molar-refractivity contribution >= 4 is 21.8 Å². The second kappa shape index (κ2) is 6.44. The lowest BCUT2D eigenvalue weighted by Crippen LogP contribution is -2.38. The van der Waals surface area contributed by atoms with E-state index in [4.69, 9.17) is 4.74 Å². The van der Waals surface area contributed by atoms with Crippen molar-refractivity contribution in [3.05, 3.63) is 84.7 Å². The Kier molecular flexibility index (Phi) is 3.98. The van der Waals surface area contributed by atoms with Gasteiger partial charge in [0, 0.05) is 5.39 Å². The molecule has 3 heteroatoms. The molecule has 0 saturated heterocycles. The molecule has 0 unspecified atom stereocenters. The first-order valence-corrected chi connectivity index (χ1v) is 8.47. The summed E-state index contributed by atoms with van der Waals surface area (Å²) in [4.78, 5) is 3.48. The SMILES string of the molecule is C=C(C)C[n+]1c(COc2cccc3ccccc23)[nH]c2ccccc21. The van der Waals surface area contributed by atoms with Gasteiger partial charge in [-0.1, -0.05) is 55.1 Å². The standard InChI is InChI=1S/C22H20N2O/c1-16(2)14-24-20-12-6-5-11-19(20)23-22(24)15-25-21-13-7-9-17-8-3-4-10-18(17)21/h3-13H,1,14-15H2,2H3/p+1. The maximum atomic E-state index is 6.18. The number of nitrogens with zero attached hydrogens (tertiary/aromatic N) is 1. The second-order valence-electron chi connectivity index (χ2n) is 6.40. The molecule has 0 aliphatic rings. The average Bonchev–Trinajstić information content (AvgIpc) is 2.97. The Morgan fingerprint density at radius 3 is 2.64 bits per heavy atom. The third-order valence-corrected chi connectivity index (χ3v) is 4.34. The molecule has 0 atom stereocenters. The molecule has 1 aromatic heterocycles. The van der Waals surface area contributed by atoms with Gasteiger partial charge in [-0.05, 0) is 36.1 Å². The van der Waals surface area contributed by atoms with Crippen molar-refractivity contribution in [3.63, 3.8) is 0 Å². The summed E-state index contributed by atoms with van der Waals surface area (Å²) in [6.07, 6.45) is 0. The molecule has 0 spiro atoms. The van der Waals surface area contributed by atoms with E-state index in [0.29, 0.717) is 6.61 Å². The minimum atomic E-state index is 0.482. The fraction of sp³-hybridized carbons (Fsp3) is 0.136. The highest BCUT2D eigenvalue weighted by Crippen LogP contribution is 2.25. The number of para-hydroxylation sites is 2. The zero-order valence-electron chi connectivity index (χ0n) is 14.3. The lowest BCUT2D eigenvalue weighted by molar-refractivity contribution is -0.672. The normalized spacial score (nSPS) is 11.1. The Morgan fingerprint density at radius 2 is 1.76 bits per heavy atom. The molecule has 0 saturated carbocycles. The maximum absolute atomic E-state index is 6.18. The molecule has 0 fully saturated rings. The summed E-state index contributed by atoms with van der Waals surface area (Å²) in [5.41, 5.74) is 3.39. The van der Waals surface area contributed by atoms with Crippen LogP contribution < -0.4 is 9.30 Å². The van der Waals surface area contributed by atoms with Gasteiger partial charge in [-0.3, -0.25) is 0 Å². The van der Waals surface area contributed by atoms with Gasteiger partial charge in [-0.2, -0.15) is 0 Å². The molecule has 0 amide bonds. The number of hydrogen-bond donors (Lipinski definition) is 1. The monoisotopic (exact) mass is 329 g/mol. The Morgan fingerprint density at radius 1 is 1.00 bits per heavy atom. The van der Waals surface area contributed by atoms with E-state index in [1.54, 1.807) is 0 Å². The van der Waals surface area contributed by atoms with Gasteiger partial charge in [0.1, 0.15) is 12.3 Å². The van der Waals surface area contributed by atoms with Crippen molar-refractivity contribution in [2.45, 2.75) is 20.1 Å². The van der Waals surface area contributed by atoms with Crippen LogP contribution in [0.5, 0.6) is 5.75 Å². The number of aromatic nitrogens is 2. The number of imidazole rings is 1. The number of H-pyrrole nitrogens is 1. The Labute approximate surface area is 147 Å². The van der Waals surface area contributed by atoms with Crippen molar-refractivity contribution in [2.75, 3.05) is 0 Å².